The van der Waals surface area contributed by atoms with E-state index in [9.17, 15) is 5.26 Å². The number of ether oxygens (including phenoxy) is 1. The number of nitrogens with two attached hydrogens (primary N) is 2. The van der Waals surface area contributed by atoms with Gasteiger partial charge in [-0.3, -0.25) is 5.32 Å². The molecular weight excluding hydrogens is 420 g/mol. The zero-order valence-electron chi connectivity index (χ0n) is 17.7. The van der Waals surface area contributed by atoms with Crippen LogP contribution in [0, 0.1) is 22.8 Å². The van der Waals surface area contributed by atoms with Crippen LogP contribution < -0.4 is 26.8 Å². The van der Waals surface area contributed by atoms with E-state index < -0.39 is 6.04 Å². The Balaban J connectivity index is 1.61. The number of rotatable bonds is 7. The molecule has 0 saturated carbocycles. The fourth-order valence-electron chi connectivity index (χ4n) is 3.64. The molecule has 0 bridgehead atoms. The van der Waals surface area contributed by atoms with Crippen molar-refractivity contribution < 1.29 is 4.74 Å². The van der Waals surface area contributed by atoms with Gasteiger partial charge in [0.1, 0.15) is 35.1 Å². The molecule has 11 nitrogen and oxygen atoms in total. The second kappa shape index (κ2) is 9.58. The van der Waals surface area contributed by atoms with E-state index in [-0.39, 0.29) is 23.0 Å². The maximum absolute atomic E-state index is 9.49. The van der Waals surface area contributed by atoms with E-state index in [1.807, 2.05) is 47.3 Å². The fourth-order valence-corrected chi connectivity index (χ4v) is 3.64. The molecule has 0 saturated heterocycles. The lowest BCUT2D eigenvalue weighted by Crippen LogP contribution is -2.32. The first-order chi connectivity index (χ1) is 16.1. The van der Waals surface area contributed by atoms with Gasteiger partial charge in [0.2, 0.25) is 5.96 Å². The molecule has 1 aliphatic heterocycles. The summed E-state index contributed by atoms with van der Waals surface area (Å²) in [5.41, 5.74) is 13.7. The third-order valence-corrected chi connectivity index (χ3v) is 5.20. The van der Waals surface area contributed by atoms with Crippen LogP contribution in [0.4, 0.5) is 17.3 Å². The van der Waals surface area contributed by atoms with Crippen molar-refractivity contribution in [3.05, 3.63) is 59.7 Å². The summed E-state index contributed by atoms with van der Waals surface area (Å²) in [6.45, 7) is 1.37. The minimum absolute atomic E-state index is 0.000588. The normalized spacial score (nSPS) is 14.2. The second-order valence-electron chi connectivity index (χ2n) is 7.30. The zero-order valence-corrected chi connectivity index (χ0v) is 17.7. The lowest BCUT2D eigenvalue weighted by molar-refractivity contribution is 0.299. The van der Waals surface area contributed by atoms with Crippen LogP contribution in [0.1, 0.15) is 35.6 Å². The molecule has 0 fully saturated rings. The molecule has 3 heterocycles. The SMILES string of the molecule is N#CNC1=NC(c2ccccc2OCCCCn2ccnc2)c2c(nc(N)c(C#N)c2N)N1. The van der Waals surface area contributed by atoms with Gasteiger partial charge in [-0.25, -0.2) is 15.0 Å². The van der Waals surface area contributed by atoms with Crippen LogP contribution in [-0.2, 0) is 6.54 Å². The molecule has 1 aromatic carbocycles. The molecular formula is C22H22N10O. The summed E-state index contributed by atoms with van der Waals surface area (Å²) in [5.74, 6) is 1.16. The molecule has 1 aliphatic rings. The van der Waals surface area contributed by atoms with Gasteiger partial charge < -0.3 is 26.1 Å². The number of benzene rings is 1. The molecule has 0 radical (unpaired) electrons. The topological polar surface area (TPSA) is 176 Å². The predicted octanol–water partition coefficient (Wildman–Crippen LogP) is 2.11. The smallest absolute Gasteiger partial charge is 0.211 e. The molecule has 4 rings (SSSR count). The number of guanidine groups is 1. The fraction of sp³-hybridized carbons (Fsp3) is 0.227. The number of nitrogen functional groups attached to an aromatic ring is 2. The number of nitrogens with zero attached hydrogens (tertiary/aromatic N) is 6. The average molecular weight is 442 g/mol. The highest BCUT2D eigenvalue weighted by atomic mass is 16.5. The highest BCUT2D eigenvalue weighted by Crippen LogP contribution is 2.43. The minimum atomic E-state index is -0.653. The summed E-state index contributed by atoms with van der Waals surface area (Å²) in [4.78, 5) is 12.9. The van der Waals surface area contributed by atoms with Crippen molar-refractivity contribution in [3.63, 3.8) is 0 Å². The Labute approximate surface area is 190 Å². The summed E-state index contributed by atoms with van der Waals surface area (Å²) in [7, 11) is 0. The van der Waals surface area contributed by atoms with Crippen molar-refractivity contribution in [1.29, 1.82) is 10.5 Å². The van der Waals surface area contributed by atoms with Crippen molar-refractivity contribution in [3.8, 4) is 18.0 Å². The number of fused-ring (bicyclic) bond motifs is 1. The van der Waals surface area contributed by atoms with Crippen LogP contribution in [0.3, 0.4) is 0 Å². The maximum atomic E-state index is 9.49. The van der Waals surface area contributed by atoms with E-state index in [2.05, 4.69) is 25.6 Å². The standard InChI is InChI=1S/C22H22N10O/c23-11-15-18(25)17-19(29-22(28-12-24)31-21(17)30-20(15)26)14-5-1-2-6-16(14)33-10-4-3-8-32-9-7-27-13-32/h1-2,5-7,9,13,19H,3-4,8,10H2,(H6,25,26,28,29,30,31). The van der Waals surface area contributed by atoms with Crippen LogP contribution in [0.5, 0.6) is 5.75 Å². The Morgan fingerprint density at radius 2 is 2.06 bits per heavy atom. The molecule has 1 atom stereocenters. The summed E-state index contributed by atoms with van der Waals surface area (Å²) in [5, 5.41) is 24.0. The van der Waals surface area contributed by atoms with Gasteiger partial charge in [-0.05, 0) is 18.9 Å². The van der Waals surface area contributed by atoms with E-state index in [1.165, 1.54) is 0 Å². The molecule has 3 aromatic rings. The van der Waals surface area contributed by atoms with Crippen molar-refractivity contribution >= 4 is 23.3 Å². The molecule has 11 heteroatoms. The number of nitrogens with one attached hydrogen (secondary N) is 2. The molecule has 33 heavy (non-hydrogen) atoms. The van der Waals surface area contributed by atoms with Crippen molar-refractivity contribution in [2.45, 2.75) is 25.4 Å². The van der Waals surface area contributed by atoms with Gasteiger partial charge in [0.05, 0.1) is 18.6 Å². The van der Waals surface area contributed by atoms with Crippen LogP contribution >= 0.6 is 0 Å². The number of imidazole rings is 1. The molecule has 0 aliphatic carbocycles. The molecule has 0 amide bonds. The molecule has 6 N–H and O–H groups in total. The average Bonchev–Trinajstić information content (AvgIpc) is 3.32. The van der Waals surface area contributed by atoms with E-state index in [0.717, 1.165) is 24.9 Å². The van der Waals surface area contributed by atoms with Gasteiger partial charge in [-0.15, -0.1) is 0 Å². The van der Waals surface area contributed by atoms with Crippen LogP contribution in [-0.4, -0.2) is 27.1 Å². The molecule has 166 valence electrons. The highest BCUT2D eigenvalue weighted by Gasteiger charge is 2.31. The number of hydrogen-bond donors (Lipinski definition) is 4. The van der Waals surface area contributed by atoms with Gasteiger partial charge in [0.15, 0.2) is 6.19 Å². The quantitative estimate of drug-likeness (QED) is 0.242. The first-order valence-corrected chi connectivity index (χ1v) is 10.3. The van der Waals surface area contributed by atoms with Crippen LogP contribution in [0.2, 0.25) is 0 Å². The lowest BCUT2D eigenvalue weighted by Gasteiger charge is -2.27. The maximum Gasteiger partial charge on any atom is 0.211 e. The number of aliphatic imine (C=N–C) groups is 1. The predicted molar refractivity (Wildman–Crippen MR) is 123 cm³/mol. The van der Waals surface area contributed by atoms with E-state index in [4.69, 9.17) is 21.5 Å². The Morgan fingerprint density at radius 1 is 1.21 bits per heavy atom. The third-order valence-electron chi connectivity index (χ3n) is 5.20. The number of unbranched alkanes of at least 4 members (excludes halogenated alkanes) is 1. The molecule has 1 unspecified atom stereocenters. The number of hydrogen-bond acceptors (Lipinski definition) is 10. The van der Waals surface area contributed by atoms with Gasteiger partial charge >= 0.3 is 0 Å². The van der Waals surface area contributed by atoms with Gasteiger partial charge in [0, 0.05) is 30.1 Å². The molecule has 0 spiro atoms. The largest absolute Gasteiger partial charge is 0.493 e. The van der Waals surface area contributed by atoms with Gasteiger partial charge in [0.25, 0.3) is 0 Å². The number of aromatic nitrogens is 3. The monoisotopic (exact) mass is 442 g/mol. The van der Waals surface area contributed by atoms with Crippen molar-refractivity contribution in [1.82, 2.24) is 19.9 Å². The number of para-hydroxylation sites is 1. The van der Waals surface area contributed by atoms with E-state index in [1.54, 1.807) is 12.5 Å². The number of anilines is 3. The van der Waals surface area contributed by atoms with Crippen molar-refractivity contribution in [2.75, 3.05) is 23.4 Å². The number of pyridine rings is 1. The first kappa shape index (κ1) is 21.5. The summed E-state index contributed by atoms with van der Waals surface area (Å²) < 4.78 is 8.11. The van der Waals surface area contributed by atoms with Crippen molar-refractivity contribution in [2.24, 2.45) is 4.99 Å². The third kappa shape index (κ3) is 4.48. The highest BCUT2D eigenvalue weighted by molar-refractivity contribution is 5.98. The Hall–Kier alpha value is -4.77. The van der Waals surface area contributed by atoms with Crippen LogP contribution in [0.15, 0.2) is 48.0 Å². The number of aryl methyl sites for hydroxylation is 1. The second-order valence-corrected chi connectivity index (χ2v) is 7.30. The van der Waals surface area contributed by atoms with E-state index >= 15 is 0 Å². The molecule has 2 aromatic heterocycles. The van der Waals surface area contributed by atoms with Gasteiger partial charge in [-0.2, -0.15) is 10.5 Å². The summed E-state index contributed by atoms with van der Waals surface area (Å²) in [6.07, 6.45) is 9.09. The van der Waals surface area contributed by atoms with Crippen LogP contribution in [0.25, 0.3) is 0 Å². The Morgan fingerprint density at radius 3 is 2.82 bits per heavy atom. The lowest BCUT2D eigenvalue weighted by atomic mass is 9.94. The first-order valence-electron chi connectivity index (χ1n) is 10.3. The minimum Gasteiger partial charge on any atom is -0.493 e. The Bertz CT molecular complexity index is 1250. The Kier molecular flexibility index (Phi) is 6.23. The van der Waals surface area contributed by atoms with Gasteiger partial charge in [-0.1, -0.05) is 18.2 Å². The van der Waals surface area contributed by atoms with E-state index in [0.29, 0.717) is 23.7 Å². The summed E-state index contributed by atoms with van der Waals surface area (Å²) in [6, 6.07) is 8.81. The summed E-state index contributed by atoms with van der Waals surface area (Å²) >= 11 is 0. The zero-order chi connectivity index (χ0) is 23.2. The number of nitriles is 2.